The van der Waals surface area contributed by atoms with E-state index in [1.807, 2.05) is 30.3 Å². The number of ether oxygens (including phenoxy) is 1. The number of hydrogen-bond acceptors (Lipinski definition) is 5. The number of pyridine rings is 1. The molecule has 168 valence electrons. The third kappa shape index (κ3) is 6.02. The maximum Gasteiger partial charge on any atom is 0.458 e. The quantitative estimate of drug-likeness (QED) is 0.327. The predicted molar refractivity (Wildman–Crippen MR) is 138 cm³/mol. The Kier molecular flexibility index (Phi) is 8.56. The molecule has 0 bridgehead atoms. The fourth-order valence-corrected chi connectivity index (χ4v) is 4.35. The Labute approximate surface area is 204 Å². The second-order valence-corrected chi connectivity index (χ2v) is 9.29. The first-order valence-electron chi connectivity index (χ1n) is 10.7. The van der Waals surface area contributed by atoms with Gasteiger partial charge in [-0.2, -0.15) is 0 Å². The summed E-state index contributed by atoms with van der Waals surface area (Å²) in [5.41, 5.74) is 4.94. The van der Waals surface area contributed by atoms with Gasteiger partial charge in [0.25, 0.3) is 0 Å². The van der Waals surface area contributed by atoms with E-state index in [9.17, 15) is 10.1 Å². The maximum atomic E-state index is 10.2. The summed E-state index contributed by atoms with van der Waals surface area (Å²) in [4.78, 5) is 4.55. The van der Waals surface area contributed by atoms with Crippen molar-refractivity contribution in [2.75, 3.05) is 7.11 Å². The minimum Gasteiger partial charge on any atom is -0.504 e. The number of aromatic hydroxyl groups is 1. The Morgan fingerprint density at radius 3 is 2.84 bits per heavy atom. The fraction of sp³-hybridized carbons (Fsp3) is 0.320. The number of methoxy groups -OCH3 is 1. The van der Waals surface area contributed by atoms with Gasteiger partial charge in [-0.1, -0.05) is 32.6 Å². The molecule has 1 aromatic heterocycles. The summed E-state index contributed by atoms with van der Waals surface area (Å²) in [6.45, 7) is 8.48. The van der Waals surface area contributed by atoms with Gasteiger partial charge in [0.1, 0.15) is 0 Å². The van der Waals surface area contributed by atoms with Crippen LogP contribution < -0.4 is 4.74 Å². The average Bonchev–Trinajstić information content (AvgIpc) is 2.78. The van der Waals surface area contributed by atoms with Crippen molar-refractivity contribution in [3.63, 3.8) is 0 Å². The van der Waals surface area contributed by atoms with E-state index in [1.165, 1.54) is 0 Å². The molecule has 2 heterocycles. The fourth-order valence-electron chi connectivity index (χ4n) is 3.72. The summed E-state index contributed by atoms with van der Waals surface area (Å²) in [5.74, 6) is 0.872. The number of halogens is 1. The molecule has 5 nitrogen and oxygen atoms in total. The van der Waals surface area contributed by atoms with Crippen LogP contribution in [-0.2, 0) is 4.65 Å². The summed E-state index contributed by atoms with van der Waals surface area (Å²) in [6.07, 6.45) is 7.52. The lowest BCUT2D eigenvalue weighted by atomic mass is 9.76. The van der Waals surface area contributed by atoms with E-state index < -0.39 is 7.12 Å². The van der Waals surface area contributed by atoms with Crippen LogP contribution in [-0.4, -0.2) is 35.4 Å². The van der Waals surface area contributed by atoms with Crippen LogP contribution in [0.15, 0.2) is 60.3 Å². The molecule has 7 heteroatoms. The maximum absolute atomic E-state index is 10.2. The zero-order valence-corrected chi connectivity index (χ0v) is 20.9. The molecule has 1 aromatic carbocycles. The molecule has 2 aromatic rings. The van der Waals surface area contributed by atoms with Gasteiger partial charge in [-0.3, -0.25) is 4.98 Å². The first-order chi connectivity index (χ1) is 15.3. The van der Waals surface area contributed by atoms with Crippen molar-refractivity contribution < 1.29 is 19.5 Å². The van der Waals surface area contributed by atoms with E-state index in [1.54, 1.807) is 13.3 Å². The van der Waals surface area contributed by atoms with Crippen LogP contribution in [0, 0.1) is 9.49 Å². The predicted octanol–water partition coefficient (Wildman–Crippen LogP) is 5.74. The van der Waals surface area contributed by atoms with Crippen molar-refractivity contribution in [1.82, 2.24) is 4.98 Å². The van der Waals surface area contributed by atoms with Gasteiger partial charge in [-0.05, 0) is 94.0 Å². The molecule has 1 aliphatic heterocycles. The Hall–Kier alpha value is -2.10. The van der Waals surface area contributed by atoms with Crippen LogP contribution in [0.3, 0.4) is 0 Å². The first kappa shape index (κ1) is 24.5. The highest BCUT2D eigenvalue weighted by Crippen LogP contribution is 2.35. The molecule has 0 fully saturated rings. The van der Waals surface area contributed by atoms with Crippen molar-refractivity contribution in [1.29, 1.82) is 0 Å². The van der Waals surface area contributed by atoms with Crippen molar-refractivity contribution in [2.24, 2.45) is 5.92 Å². The van der Waals surface area contributed by atoms with Crippen molar-refractivity contribution in [3.8, 4) is 11.5 Å². The number of rotatable bonds is 8. The third-order valence-corrected chi connectivity index (χ3v) is 6.38. The molecule has 0 saturated carbocycles. The molecule has 0 radical (unpaired) electrons. The van der Waals surface area contributed by atoms with Crippen LogP contribution in [0.2, 0.25) is 6.32 Å². The van der Waals surface area contributed by atoms with E-state index in [0.29, 0.717) is 34.4 Å². The van der Waals surface area contributed by atoms with Crippen LogP contribution in [0.1, 0.15) is 37.9 Å². The summed E-state index contributed by atoms with van der Waals surface area (Å²) in [7, 11) is 0.744. The molecule has 0 amide bonds. The number of aromatic nitrogens is 1. The second-order valence-electron chi connectivity index (χ2n) is 8.13. The molecule has 0 saturated heterocycles. The minimum absolute atomic E-state index is 0.135. The van der Waals surface area contributed by atoms with Crippen molar-refractivity contribution in [3.05, 3.63) is 75.2 Å². The Morgan fingerprint density at radius 1 is 1.41 bits per heavy atom. The smallest absolute Gasteiger partial charge is 0.458 e. The van der Waals surface area contributed by atoms with Crippen molar-refractivity contribution in [2.45, 2.75) is 39.1 Å². The number of allylic oxidation sites excluding steroid dienone is 2. The highest BCUT2D eigenvalue weighted by Gasteiger charge is 2.29. The van der Waals surface area contributed by atoms with Gasteiger partial charge in [0.2, 0.25) is 0 Å². The summed E-state index contributed by atoms with van der Waals surface area (Å²) < 4.78 is 11.9. The van der Waals surface area contributed by atoms with Crippen LogP contribution in [0.5, 0.6) is 11.5 Å². The van der Waals surface area contributed by atoms with Crippen LogP contribution in [0.25, 0.3) is 11.6 Å². The molecular weight excluding hydrogens is 516 g/mol. The normalized spacial score (nSPS) is 16.8. The second kappa shape index (κ2) is 11.2. The largest absolute Gasteiger partial charge is 0.504 e. The number of nitrogens with zero attached hydrogens (tertiary/aromatic N) is 1. The molecule has 1 unspecified atom stereocenters. The van der Waals surface area contributed by atoms with Gasteiger partial charge in [-0.25, -0.2) is 0 Å². The molecule has 32 heavy (non-hydrogen) atoms. The molecule has 1 aliphatic rings. The van der Waals surface area contributed by atoms with E-state index in [-0.39, 0.29) is 11.9 Å². The van der Waals surface area contributed by atoms with Gasteiger partial charge in [0.15, 0.2) is 11.5 Å². The lowest BCUT2D eigenvalue weighted by Crippen LogP contribution is -2.32. The summed E-state index contributed by atoms with van der Waals surface area (Å²) >= 11 is 2.10. The highest BCUT2D eigenvalue weighted by atomic mass is 127. The van der Waals surface area contributed by atoms with Gasteiger partial charge in [0.05, 0.1) is 22.5 Å². The Balaban J connectivity index is 1.92. The molecule has 2 N–H and O–H groups in total. The monoisotopic (exact) mass is 545 g/mol. The Morgan fingerprint density at radius 2 is 2.19 bits per heavy atom. The lowest BCUT2D eigenvalue weighted by molar-refractivity contribution is 0.183. The van der Waals surface area contributed by atoms with Crippen LogP contribution in [0.4, 0.5) is 0 Å². The van der Waals surface area contributed by atoms with E-state index in [4.69, 9.17) is 9.39 Å². The Bertz CT molecular complexity index is 1020. The molecule has 0 aliphatic carbocycles. The average molecular weight is 545 g/mol. The molecule has 0 spiro atoms. The first-order valence-corrected chi connectivity index (χ1v) is 11.8. The van der Waals surface area contributed by atoms with Gasteiger partial charge in [0, 0.05) is 12.5 Å². The molecule has 1 atom stereocenters. The topological polar surface area (TPSA) is 71.8 Å². The van der Waals surface area contributed by atoms with E-state index in [2.05, 4.69) is 60.2 Å². The van der Waals surface area contributed by atoms with E-state index >= 15 is 0 Å². The van der Waals surface area contributed by atoms with Gasteiger partial charge < -0.3 is 19.5 Å². The molecule has 3 rings (SSSR count). The summed E-state index contributed by atoms with van der Waals surface area (Å²) in [6, 6.07) is 9.56. The number of phenols is 1. The standard InChI is InChI=1S/C25H29BINO4/c1-16(2)17(3)20-10-11-26(30)32-23(20)9-8-19(22-7-5-6-12-28-22)13-18-14-21(27)25(29)24(15-18)31-4/h5-7,10,12-16,23,29-30H,3,8-9,11H2,1-2,4H3/b19-13-. The van der Waals surface area contributed by atoms with E-state index in [0.717, 1.165) is 28.0 Å². The third-order valence-electron chi connectivity index (χ3n) is 5.56. The zero-order valence-electron chi connectivity index (χ0n) is 18.7. The number of hydrogen-bond donors (Lipinski definition) is 2. The number of benzene rings is 1. The lowest BCUT2D eigenvalue weighted by Gasteiger charge is -2.29. The highest BCUT2D eigenvalue weighted by molar-refractivity contribution is 14.1. The number of phenolic OH excluding ortho intramolecular Hbond substituents is 1. The molecular formula is C25H29BINO4. The van der Waals surface area contributed by atoms with Crippen molar-refractivity contribution >= 4 is 41.4 Å². The van der Waals surface area contributed by atoms with Crippen LogP contribution >= 0.6 is 22.6 Å². The van der Waals surface area contributed by atoms with Gasteiger partial charge >= 0.3 is 7.12 Å². The zero-order chi connectivity index (χ0) is 23.3. The summed E-state index contributed by atoms with van der Waals surface area (Å²) in [5, 5.41) is 20.3. The SMILES string of the molecule is C=C(C1=CCB(O)OC1CC/C(=C/c1cc(I)c(O)c(OC)c1)c1ccccn1)C(C)C. The van der Waals surface area contributed by atoms with Gasteiger partial charge in [-0.15, -0.1) is 0 Å². The minimum atomic E-state index is -0.797.